The summed E-state index contributed by atoms with van der Waals surface area (Å²) in [7, 11) is 1.47. The Hall–Kier alpha value is -2.28. The highest BCUT2D eigenvalue weighted by Gasteiger charge is 2.45. The highest BCUT2D eigenvalue weighted by molar-refractivity contribution is 5.83. The van der Waals surface area contributed by atoms with Gasteiger partial charge in [-0.15, -0.1) is 0 Å². The number of piperidine rings is 1. The van der Waals surface area contributed by atoms with Crippen LogP contribution in [-0.2, 0) is 14.3 Å². The van der Waals surface area contributed by atoms with Gasteiger partial charge in [-0.3, -0.25) is 9.59 Å². The molecule has 3 rings (SSSR count). The Labute approximate surface area is 140 Å². The van der Waals surface area contributed by atoms with Crippen molar-refractivity contribution in [2.45, 2.75) is 18.9 Å². The van der Waals surface area contributed by atoms with Gasteiger partial charge in [-0.05, 0) is 25.0 Å². The number of aliphatic carboxylic acids is 1. The third kappa shape index (κ3) is 3.03. The predicted octanol–water partition coefficient (Wildman–Crippen LogP) is 1.17. The maximum atomic E-state index is 12.8. The van der Waals surface area contributed by atoms with Crippen LogP contribution in [0.25, 0.3) is 0 Å². The number of rotatable bonds is 4. The topological polar surface area (TPSA) is 85.3 Å². The van der Waals surface area contributed by atoms with Crippen LogP contribution in [0.3, 0.4) is 0 Å². The van der Waals surface area contributed by atoms with E-state index in [1.807, 2.05) is 12.1 Å². The first-order chi connectivity index (χ1) is 11.6. The minimum Gasteiger partial charge on any atom is -0.485 e. The summed E-state index contributed by atoms with van der Waals surface area (Å²) in [5, 5.41) is 9.59. The van der Waals surface area contributed by atoms with Gasteiger partial charge in [-0.2, -0.15) is 0 Å². The standard InChI is InChI=1S/C17H21NO6/c1-22-11-17(16(20)21)7-4-8-18(10-17)15(19)14-9-23-12-5-2-3-6-13(12)24-14/h2-3,5-6,14H,4,7-11H2,1H3,(H,20,21). The zero-order valence-electron chi connectivity index (χ0n) is 13.6. The number of hydrogen-bond acceptors (Lipinski definition) is 5. The Kier molecular flexibility index (Phi) is 4.62. The zero-order chi connectivity index (χ0) is 17.2. The molecule has 2 unspecified atom stereocenters. The summed E-state index contributed by atoms with van der Waals surface area (Å²) in [6.45, 7) is 0.837. The highest BCUT2D eigenvalue weighted by Crippen LogP contribution is 2.34. The first-order valence-electron chi connectivity index (χ1n) is 7.95. The molecular weight excluding hydrogens is 314 g/mol. The van der Waals surface area contributed by atoms with Gasteiger partial charge in [0.05, 0.1) is 6.61 Å². The Morgan fingerprint density at radius 3 is 2.83 bits per heavy atom. The van der Waals surface area contributed by atoms with E-state index < -0.39 is 17.5 Å². The van der Waals surface area contributed by atoms with E-state index in [9.17, 15) is 14.7 Å². The number of hydrogen-bond donors (Lipinski definition) is 1. The van der Waals surface area contributed by atoms with Gasteiger partial charge in [0.1, 0.15) is 12.0 Å². The molecule has 0 bridgehead atoms. The molecule has 7 nitrogen and oxygen atoms in total. The SMILES string of the molecule is COCC1(C(=O)O)CCCN(C(=O)C2COc3ccccc3O2)C1. The summed E-state index contributed by atoms with van der Waals surface area (Å²) in [5.74, 6) is -0.0427. The third-order valence-electron chi connectivity index (χ3n) is 4.55. The number of carbonyl (C=O) groups is 2. The number of nitrogens with zero attached hydrogens (tertiary/aromatic N) is 1. The number of amides is 1. The zero-order valence-corrected chi connectivity index (χ0v) is 13.6. The molecule has 1 aromatic carbocycles. The highest BCUT2D eigenvalue weighted by atomic mass is 16.6. The van der Waals surface area contributed by atoms with E-state index in [4.69, 9.17) is 14.2 Å². The molecule has 0 saturated carbocycles. The molecular formula is C17H21NO6. The van der Waals surface area contributed by atoms with Crippen molar-refractivity contribution in [3.63, 3.8) is 0 Å². The fourth-order valence-corrected chi connectivity index (χ4v) is 3.30. The molecule has 130 valence electrons. The van der Waals surface area contributed by atoms with Crippen molar-refractivity contribution < 1.29 is 28.9 Å². The van der Waals surface area contributed by atoms with E-state index in [0.717, 1.165) is 0 Å². The number of carboxylic acids is 1. The minimum atomic E-state index is -1.06. The van der Waals surface area contributed by atoms with Gasteiger partial charge < -0.3 is 24.2 Å². The smallest absolute Gasteiger partial charge is 0.313 e. The quantitative estimate of drug-likeness (QED) is 0.889. The molecule has 7 heteroatoms. The molecule has 2 aliphatic rings. The second kappa shape index (κ2) is 6.68. The molecule has 0 radical (unpaired) electrons. The fourth-order valence-electron chi connectivity index (χ4n) is 3.30. The summed E-state index contributed by atoms with van der Waals surface area (Å²) < 4.78 is 16.4. The number of carboxylic acid groups (broad SMARTS) is 1. The lowest BCUT2D eigenvalue weighted by atomic mass is 9.80. The van der Waals surface area contributed by atoms with Crippen molar-refractivity contribution in [3.8, 4) is 11.5 Å². The lowest BCUT2D eigenvalue weighted by Crippen LogP contribution is -2.56. The van der Waals surface area contributed by atoms with Crippen molar-refractivity contribution in [1.82, 2.24) is 4.90 Å². The maximum absolute atomic E-state index is 12.8. The van der Waals surface area contributed by atoms with Crippen molar-refractivity contribution >= 4 is 11.9 Å². The van der Waals surface area contributed by atoms with Crippen LogP contribution in [0.4, 0.5) is 0 Å². The molecule has 0 spiro atoms. The van der Waals surface area contributed by atoms with Crippen LogP contribution < -0.4 is 9.47 Å². The Bertz CT molecular complexity index is 629. The van der Waals surface area contributed by atoms with Crippen molar-refractivity contribution in [3.05, 3.63) is 24.3 Å². The summed E-state index contributed by atoms with van der Waals surface area (Å²) in [6.07, 6.45) is 0.350. The van der Waals surface area contributed by atoms with Crippen molar-refractivity contribution in [1.29, 1.82) is 0 Å². The number of ether oxygens (including phenoxy) is 3. The Morgan fingerprint density at radius 1 is 1.38 bits per heavy atom. The van der Waals surface area contributed by atoms with E-state index in [2.05, 4.69) is 0 Å². The summed E-state index contributed by atoms with van der Waals surface area (Å²) in [4.78, 5) is 26.0. The lowest BCUT2D eigenvalue weighted by Gasteiger charge is -2.40. The van der Waals surface area contributed by atoms with E-state index in [0.29, 0.717) is 30.9 Å². The molecule has 24 heavy (non-hydrogen) atoms. The van der Waals surface area contributed by atoms with Crippen LogP contribution in [0.15, 0.2) is 24.3 Å². The molecule has 1 N–H and O–H groups in total. The number of carbonyl (C=O) groups excluding carboxylic acids is 1. The molecule has 0 aromatic heterocycles. The van der Waals surface area contributed by atoms with Crippen LogP contribution in [0.1, 0.15) is 12.8 Å². The fraction of sp³-hybridized carbons (Fsp3) is 0.529. The number of likely N-dealkylation sites (tertiary alicyclic amines) is 1. The molecule has 0 aliphatic carbocycles. The van der Waals surface area contributed by atoms with E-state index in [1.54, 1.807) is 17.0 Å². The lowest BCUT2D eigenvalue weighted by molar-refractivity contribution is -0.161. The van der Waals surface area contributed by atoms with Crippen LogP contribution >= 0.6 is 0 Å². The Morgan fingerprint density at radius 2 is 2.12 bits per heavy atom. The van der Waals surface area contributed by atoms with Gasteiger partial charge >= 0.3 is 5.97 Å². The predicted molar refractivity (Wildman–Crippen MR) is 84.1 cm³/mol. The summed E-state index contributed by atoms with van der Waals surface area (Å²) in [6, 6.07) is 7.17. The average Bonchev–Trinajstić information content (AvgIpc) is 2.61. The van der Waals surface area contributed by atoms with Gasteiger partial charge in [-0.1, -0.05) is 12.1 Å². The van der Waals surface area contributed by atoms with E-state index >= 15 is 0 Å². The van der Waals surface area contributed by atoms with Crippen molar-refractivity contribution in [2.75, 3.05) is 33.4 Å². The number of benzene rings is 1. The third-order valence-corrected chi connectivity index (χ3v) is 4.55. The monoisotopic (exact) mass is 335 g/mol. The number of methoxy groups -OCH3 is 1. The van der Waals surface area contributed by atoms with Crippen LogP contribution in [-0.4, -0.2) is 61.4 Å². The molecule has 1 fully saturated rings. The van der Waals surface area contributed by atoms with Gasteiger partial charge in [-0.25, -0.2) is 0 Å². The van der Waals surface area contributed by atoms with Crippen molar-refractivity contribution in [2.24, 2.45) is 5.41 Å². The first-order valence-corrected chi connectivity index (χ1v) is 7.95. The molecule has 2 aliphatic heterocycles. The van der Waals surface area contributed by atoms with E-state index in [1.165, 1.54) is 7.11 Å². The number of para-hydroxylation sites is 2. The average molecular weight is 335 g/mol. The largest absolute Gasteiger partial charge is 0.485 e. The summed E-state index contributed by atoms with van der Waals surface area (Å²) >= 11 is 0. The molecule has 1 aromatic rings. The Balaban J connectivity index is 1.72. The van der Waals surface area contributed by atoms with Crippen LogP contribution in [0.5, 0.6) is 11.5 Å². The molecule has 1 amide bonds. The second-order valence-corrected chi connectivity index (χ2v) is 6.25. The van der Waals surface area contributed by atoms with Crippen LogP contribution in [0.2, 0.25) is 0 Å². The van der Waals surface area contributed by atoms with Gasteiger partial charge in [0.15, 0.2) is 11.5 Å². The normalized spacial score (nSPS) is 26.0. The van der Waals surface area contributed by atoms with Gasteiger partial charge in [0, 0.05) is 20.2 Å². The first kappa shape index (κ1) is 16.6. The second-order valence-electron chi connectivity index (χ2n) is 6.25. The van der Waals surface area contributed by atoms with Gasteiger partial charge in [0.25, 0.3) is 5.91 Å². The minimum absolute atomic E-state index is 0.0803. The van der Waals surface area contributed by atoms with Gasteiger partial charge in [0.2, 0.25) is 6.10 Å². The van der Waals surface area contributed by atoms with E-state index in [-0.39, 0.29) is 25.7 Å². The molecule has 2 heterocycles. The number of fused-ring (bicyclic) bond motifs is 1. The molecule has 2 atom stereocenters. The summed E-state index contributed by atoms with van der Waals surface area (Å²) in [5.41, 5.74) is -1.06. The van der Waals surface area contributed by atoms with Crippen LogP contribution in [0, 0.1) is 5.41 Å². The molecule has 1 saturated heterocycles. The maximum Gasteiger partial charge on any atom is 0.313 e.